The molecule has 0 aliphatic rings. The third-order valence-electron chi connectivity index (χ3n) is 1.45. The van der Waals surface area contributed by atoms with Crippen LogP contribution in [-0.4, -0.2) is 30.2 Å². The maximum atomic E-state index is 10.5. The Labute approximate surface area is 66.8 Å². The van der Waals surface area contributed by atoms with Gasteiger partial charge < -0.3 is 16.2 Å². The van der Waals surface area contributed by atoms with E-state index in [1.54, 1.807) is 0 Å². The number of carbonyl (C=O) groups is 1. The highest BCUT2D eigenvalue weighted by Crippen LogP contribution is 1.95. The normalized spacial score (nSPS) is 12.9. The summed E-state index contributed by atoms with van der Waals surface area (Å²) in [6, 6.07) is -0.427. The number of aliphatic carboxylic acids is 1. The predicted molar refractivity (Wildman–Crippen MR) is 43.4 cm³/mol. The van der Waals surface area contributed by atoms with Gasteiger partial charge in [-0.15, -0.1) is 0 Å². The zero-order chi connectivity index (χ0) is 8.69. The van der Waals surface area contributed by atoms with Gasteiger partial charge in [0.05, 0.1) is 0 Å². The van der Waals surface area contributed by atoms with Crippen molar-refractivity contribution in [3.05, 3.63) is 0 Å². The Morgan fingerprint density at radius 3 is 2.73 bits per heavy atom. The average Bonchev–Trinajstić information content (AvgIpc) is 1.97. The molecule has 0 spiro atoms. The van der Waals surface area contributed by atoms with Crippen LogP contribution in [0.4, 0.5) is 0 Å². The molecule has 0 bridgehead atoms. The molecule has 0 aliphatic carbocycles. The second kappa shape index (κ2) is 6.12. The summed E-state index contributed by atoms with van der Waals surface area (Å²) in [5.41, 5.74) is 5.25. The first-order valence-electron chi connectivity index (χ1n) is 3.88. The first-order chi connectivity index (χ1) is 5.22. The van der Waals surface area contributed by atoms with Crippen LogP contribution in [0.1, 0.15) is 19.8 Å². The Kier molecular flexibility index (Phi) is 5.78. The lowest BCUT2D eigenvalue weighted by molar-refractivity contribution is -0.139. The molecule has 0 saturated heterocycles. The van der Waals surface area contributed by atoms with Gasteiger partial charge in [-0.1, -0.05) is 6.92 Å². The van der Waals surface area contributed by atoms with Gasteiger partial charge in [0.15, 0.2) is 0 Å². The lowest BCUT2D eigenvalue weighted by atomic mass is 10.1. The lowest BCUT2D eigenvalue weighted by Crippen LogP contribution is -2.36. The summed E-state index contributed by atoms with van der Waals surface area (Å²) in [4.78, 5) is 10.5. The third-order valence-corrected chi connectivity index (χ3v) is 1.45. The Balaban J connectivity index is 3.60. The first kappa shape index (κ1) is 10.4. The van der Waals surface area contributed by atoms with Crippen LogP contribution in [0.3, 0.4) is 0 Å². The van der Waals surface area contributed by atoms with Gasteiger partial charge in [0.2, 0.25) is 0 Å². The van der Waals surface area contributed by atoms with Crippen molar-refractivity contribution in [1.82, 2.24) is 5.32 Å². The standard InChI is InChI=1S/C7H16N2O2/c1-2-9-6(7(10)11)4-3-5-8/h6,9H,2-5,8H2,1H3,(H,10,11). The van der Waals surface area contributed by atoms with Crippen LogP contribution in [0.25, 0.3) is 0 Å². The Hall–Kier alpha value is -0.610. The number of carboxylic acid groups (broad SMARTS) is 1. The molecule has 1 unspecified atom stereocenters. The number of rotatable bonds is 6. The fourth-order valence-corrected chi connectivity index (χ4v) is 0.881. The van der Waals surface area contributed by atoms with Gasteiger partial charge >= 0.3 is 5.97 Å². The smallest absolute Gasteiger partial charge is 0.320 e. The molecular formula is C7H16N2O2. The van der Waals surface area contributed by atoms with Crippen molar-refractivity contribution in [3.63, 3.8) is 0 Å². The van der Waals surface area contributed by atoms with Crippen molar-refractivity contribution in [3.8, 4) is 0 Å². The quantitative estimate of drug-likeness (QED) is 0.502. The molecule has 0 amide bonds. The molecule has 1 atom stereocenters. The largest absolute Gasteiger partial charge is 0.480 e. The minimum Gasteiger partial charge on any atom is -0.480 e. The van der Waals surface area contributed by atoms with Gasteiger partial charge in [-0.3, -0.25) is 4.79 Å². The molecule has 0 aliphatic heterocycles. The van der Waals surface area contributed by atoms with Crippen LogP contribution in [0.15, 0.2) is 0 Å². The van der Waals surface area contributed by atoms with Crippen molar-refractivity contribution >= 4 is 5.97 Å². The van der Waals surface area contributed by atoms with Crippen molar-refractivity contribution in [2.45, 2.75) is 25.8 Å². The average molecular weight is 160 g/mol. The van der Waals surface area contributed by atoms with E-state index in [-0.39, 0.29) is 0 Å². The lowest BCUT2D eigenvalue weighted by Gasteiger charge is -2.11. The summed E-state index contributed by atoms with van der Waals surface area (Å²) in [5, 5.41) is 11.5. The minimum absolute atomic E-state index is 0.427. The maximum Gasteiger partial charge on any atom is 0.320 e. The van der Waals surface area contributed by atoms with Gasteiger partial charge in [-0.2, -0.15) is 0 Å². The summed E-state index contributed by atoms with van der Waals surface area (Å²) >= 11 is 0. The number of nitrogens with two attached hydrogens (primary N) is 1. The minimum atomic E-state index is -0.791. The highest BCUT2D eigenvalue weighted by Gasteiger charge is 2.13. The van der Waals surface area contributed by atoms with E-state index in [0.29, 0.717) is 19.5 Å². The molecule has 0 heterocycles. The monoisotopic (exact) mass is 160 g/mol. The van der Waals surface area contributed by atoms with Gasteiger partial charge in [-0.05, 0) is 25.9 Å². The van der Waals surface area contributed by atoms with E-state index < -0.39 is 12.0 Å². The van der Waals surface area contributed by atoms with E-state index in [1.807, 2.05) is 6.92 Å². The van der Waals surface area contributed by atoms with Gasteiger partial charge in [0.25, 0.3) is 0 Å². The highest BCUT2D eigenvalue weighted by atomic mass is 16.4. The summed E-state index contributed by atoms with van der Waals surface area (Å²) in [5.74, 6) is -0.791. The van der Waals surface area contributed by atoms with E-state index in [9.17, 15) is 4.79 Å². The van der Waals surface area contributed by atoms with E-state index in [2.05, 4.69) is 5.32 Å². The number of likely N-dealkylation sites (N-methyl/N-ethyl adjacent to an activating group) is 1. The molecule has 0 aromatic carbocycles. The fourth-order valence-electron chi connectivity index (χ4n) is 0.881. The van der Waals surface area contributed by atoms with Gasteiger partial charge in [-0.25, -0.2) is 0 Å². The molecule has 11 heavy (non-hydrogen) atoms. The number of hydrogen-bond acceptors (Lipinski definition) is 3. The molecule has 0 aromatic heterocycles. The van der Waals surface area contributed by atoms with Gasteiger partial charge in [0.1, 0.15) is 6.04 Å². The third kappa shape index (κ3) is 4.75. The maximum absolute atomic E-state index is 10.5. The Morgan fingerprint density at radius 1 is 1.73 bits per heavy atom. The topological polar surface area (TPSA) is 75.3 Å². The molecule has 4 nitrogen and oxygen atoms in total. The number of nitrogens with one attached hydrogen (secondary N) is 1. The van der Waals surface area contributed by atoms with Crippen LogP contribution < -0.4 is 11.1 Å². The van der Waals surface area contributed by atoms with Crippen LogP contribution in [-0.2, 0) is 4.79 Å². The van der Waals surface area contributed by atoms with E-state index in [4.69, 9.17) is 10.8 Å². The predicted octanol–water partition coefficient (Wildman–Crippen LogP) is -0.212. The van der Waals surface area contributed by atoms with Crippen molar-refractivity contribution < 1.29 is 9.90 Å². The van der Waals surface area contributed by atoms with Crippen LogP contribution in [0.2, 0.25) is 0 Å². The summed E-state index contributed by atoms with van der Waals surface area (Å²) < 4.78 is 0. The SMILES string of the molecule is CCNC(CCCN)C(=O)O. The first-order valence-corrected chi connectivity index (χ1v) is 3.88. The van der Waals surface area contributed by atoms with Gasteiger partial charge in [0, 0.05) is 0 Å². The molecule has 66 valence electrons. The molecule has 0 aromatic rings. The molecule has 0 rings (SSSR count). The van der Waals surface area contributed by atoms with Crippen molar-refractivity contribution in [2.75, 3.05) is 13.1 Å². The van der Waals surface area contributed by atoms with Crippen LogP contribution in [0.5, 0.6) is 0 Å². The highest BCUT2D eigenvalue weighted by molar-refractivity contribution is 5.73. The molecule has 0 saturated carbocycles. The van der Waals surface area contributed by atoms with E-state index in [1.165, 1.54) is 0 Å². The molecular weight excluding hydrogens is 144 g/mol. The number of carboxylic acids is 1. The zero-order valence-electron chi connectivity index (χ0n) is 6.84. The fraction of sp³-hybridized carbons (Fsp3) is 0.857. The van der Waals surface area contributed by atoms with Crippen LogP contribution in [0, 0.1) is 0 Å². The van der Waals surface area contributed by atoms with Crippen LogP contribution >= 0.6 is 0 Å². The van der Waals surface area contributed by atoms with E-state index in [0.717, 1.165) is 6.42 Å². The summed E-state index contributed by atoms with van der Waals surface area (Å²) in [6.07, 6.45) is 1.36. The molecule has 0 radical (unpaired) electrons. The molecule has 4 heteroatoms. The Morgan fingerprint density at radius 2 is 2.36 bits per heavy atom. The van der Waals surface area contributed by atoms with Crippen molar-refractivity contribution in [2.24, 2.45) is 5.73 Å². The zero-order valence-corrected chi connectivity index (χ0v) is 6.84. The Bertz CT molecular complexity index is 117. The summed E-state index contributed by atoms with van der Waals surface area (Å²) in [6.45, 7) is 3.12. The molecule has 0 fully saturated rings. The number of hydrogen-bond donors (Lipinski definition) is 3. The molecule has 4 N–H and O–H groups in total. The summed E-state index contributed by atoms with van der Waals surface area (Å²) in [7, 11) is 0. The second-order valence-corrected chi connectivity index (χ2v) is 2.38. The van der Waals surface area contributed by atoms with Crippen molar-refractivity contribution in [1.29, 1.82) is 0 Å². The van der Waals surface area contributed by atoms with E-state index >= 15 is 0 Å². The second-order valence-electron chi connectivity index (χ2n) is 2.38.